The summed E-state index contributed by atoms with van der Waals surface area (Å²) in [4.78, 5) is 11.7. The molecule has 7 heteroatoms. The van der Waals surface area contributed by atoms with Crippen molar-refractivity contribution in [3.8, 4) is 0 Å². The summed E-state index contributed by atoms with van der Waals surface area (Å²) in [5.41, 5.74) is 0.530. The van der Waals surface area contributed by atoms with Crippen LogP contribution in [0, 0.1) is 5.92 Å². The molecular weight excluding hydrogens is 268 g/mol. The van der Waals surface area contributed by atoms with Crippen LogP contribution < -0.4 is 10.5 Å². The average Bonchev–Trinajstić information content (AvgIpc) is 2.28. The molecule has 0 radical (unpaired) electrons. The molecule has 0 heterocycles. The lowest BCUT2D eigenvalue weighted by Crippen LogP contribution is -2.17. The minimum Gasteiger partial charge on any atom is -0.384 e. The Balaban J connectivity index is 2.61. The highest BCUT2D eigenvalue weighted by atomic mass is 32.2. The van der Waals surface area contributed by atoms with Gasteiger partial charge in [0.25, 0.3) is 0 Å². The first kappa shape index (κ1) is 15.6. The van der Waals surface area contributed by atoms with Crippen molar-refractivity contribution >= 4 is 21.6 Å². The Morgan fingerprint density at radius 2 is 1.95 bits per heavy atom. The first-order valence-corrected chi connectivity index (χ1v) is 7.29. The maximum Gasteiger partial charge on any atom is 0.238 e. The number of sulfonamides is 1. The monoisotopic (exact) mass is 286 g/mol. The van der Waals surface area contributed by atoms with Crippen LogP contribution in [-0.2, 0) is 19.6 Å². The van der Waals surface area contributed by atoms with Crippen molar-refractivity contribution < 1.29 is 17.9 Å². The van der Waals surface area contributed by atoms with Crippen LogP contribution in [0.1, 0.15) is 13.3 Å². The second-order valence-corrected chi connectivity index (χ2v) is 5.94. The minimum atomic E-state index is -3.70. The van der Waals surface area contributed by atoms with Crippen molar-refractivity contribution in [1.29, 1.82) is 0 Å². The number of nitrogens with one attached hydrogen (secondary N) is 1. The molecule has 3 N–H and O–H groups in total. The quantitative estimate of drug-likeness (QED) is 0.813. The molecule has 0 aliphatic carbocycles. The largest absolute Gasteiger partial charge is 0.384 e. The maximum absolute atomic E-state index is 11.7. The van der Waals surface area contributed by atoms with Crippen molar-refractivity contribution in [2.45, 2.75) is 18.2 Å². The standard InChI is InChI=1S/C12H18N2O4S/c1-9(8-18-2)7-12(15)14-10-3-5-11(6-4-10)19(13,16)17/h3-6,9H,7-8H2,1-2H3,(H,14,15)(H2,13,16,17). The van der Waals surface area contributed by atoms with Crippen LogP contribution >= 0.6 is 0 Å². The number of rotatable bonds is 6. The van der Waals surface area contributed by atoms with E-state index in [4.69, 9.17) is 9.88 Å². The molecule has 0 fully saturated rings. The summed E-state index contributed by atoms with van der Waals surface area (Å²) in [7, 11) is -2.12. The average molecular weight is 286 g/mol. The number of amides is 1. The van der Waals surface area contributed by atoms with E-state index in [1.165, 1.54) is 24.3 Å². The van der Waals surface area contributed by atoms with Gasteiger partial charge in [-0.15, -0.1) is 0 Å². The van der Waals surface area contributed by atoms with Gasteiger partial charge in [-0.25, -0.2) is 13.6 Å². The first-order valence-electron chi connectivity index (χ1n) is 5.74. The zero-order chi connectivity index (χ0) is 14.5. The van der Waals surface area contributed by atoms with Gasteiger partial charge < -0.3 is 10.1 Å². The van der Waals surface area contributed by atoms with Crippen LogP contribution in [-0.4, -0.2) is 28.0 Å². The van der Waals surface area contributed by atoms with Gasteiger partial charge in [0.05, 0.1) is 4.90 Å². The molecule has 19 heavy (non-hydrogen) atoms. The Hall–Kier alpha value is -1.44. The number of benzene rings is 1. The highest BCUT2D eigenvalue weighted by molar-refractivity contribution is 7.89. The number of hydrogen-bond acceptors (Lipinski definition) is 4. The number of ether oxygens (including phenoxy) is 1. The zero-order valence-corrected chi connectivity index (χ0v) is 11.7. The molecule has 106 valence electrons. The summed E-state index contributed by atoms with van der Waals surface area (Å²) in [5, 5.41) is 7.66. The molecule has 0 bridgehead atoms. The van der Waals surface area contributed by atoms with Gasteiger partial charge in [-0.05, 0) is 30.2 Å². The number of carbonyl (C=O) groups excluding carboxylic acids is 1. The summed E-state index contributed by atoms with van der Waals surface area (Å²) >= 11 is 0. The van der Waals surface area contributed by atoms with E-state index in [-0.39, 0.29) is 16.7 Å². The number of hydrogen-bond donors (Lipinski definition) is 2. The van der Waals surface area contributed by atoms with Gasteiger partial charge in [0.2, 0.25) is 15.9 Å². The van der Waals surface area contributed by atoms with Gasteiger partial charge in [0.1, 0.15) is 0 Å². The summed E-state index contributed by atoms with van der Waals surface area (Å²) < 4.78 is 27.1. The van der Waals surface area contributed by atoms with Gasteiger partial charge in [0.15, 0.2) is 0 Å². The molecule has 0 saturated heterocycles. The molecule has 1 unspecified atom stereocenters. The smallest absolute Gasteiger partial charge is 0.238 e. The summed E-state index contributed by atoms with van der Waals surface area (Å²) in [6.45, 7) is 2.42. The molecule has 1 amide bonds. The lowest BCUT2D eigenvalue weighted by molar-refractivity contribution is -0.117. The fourth-order valence-electron chi connectivity index (χ4n) is 1.60. The highest BCUT2D eigenvalue weighted by Gasteiger charge is 2.10. The van der Waals surface area contributed by atoms with E-state index >= 15 is 0 Å². The Bertz CT molecular complexity index is 525. The van der Waals surface area contributed by atoms with E-state index in [0.717, 1.165) is 0 Å². The second-order valence-electron chi connectivity index (χ2n) is 4.38. The second kappa shape index (κ2) is 6.65. The molecule has 0 aromatic heterocycles. The predicted molar refractivity (Wildman–Crippen MR) is 72.1 cm³/mol. The van der Waals surface area contributed by atoms with Gasteiger partial charge in [0, 0.05) is 25.8 Å². The van der Waals surface area contributed by atoms with Crippen LogP contribution in [0.5, 0.6) is 0 Å². The van der Waals surface area contributed by atoms with Crippen molar-refractivity contribution in [2.24, 2.45) is 11.1 Å². The van der Waals surface area contributed by atoms with Crippen LogP contribution in [0.2, 0.25) is 0 Å². The van der Waals surface area contributed by atoms with E-state index < -0.39 is 10.0 Å². The maximum atomic E-state index is 11.7. The molecule has 0 aliphatic heterocycles. The summed E-state index contributed by atoms with van der Waals surface area (Å²) in [5.74, 6) is -0.0263. The van der Waals surface area contributed by atoms with Gasteiger partial charge in [-0.1, -0.05) is 6.92 Å². The lowest BCUT2D eigenvalue weighted by atomic mass is 10.1. The van der Waals surface area contributed by atoms with Gasteiger partial charge in [-0.3, -0.25) is 4.79 Å². The van der Waals surface area contributed by atoms with E-state index in [0.29, 0.717) is 18.7 Å². The number of carbonyl (C=O) groups is 1. The molecule has 1 aromatic rings. The van der Waals surface area contributed by atoms with Crippen LogP contribution in [0.3, 0.4) is 0 Å². The molecule has 1 atom stereocenters. The van der Waals surface area contributed by atoms with Crippen LogP contribution in [0.15, 0.2) is 29.2 Å². The molecule has 0 spiro atoms. The van der Waals surface area contributed by atoms with E-state index in [1.54, 1.807) is 7.11 Å². The summed E-state index contributed by atoms with van der Waals surface area (Å²) in [6.07, 6.45) is 0.338. The normalized spacial score (nSPS) is 13.0. The van der Waals surface area contributed by atoms with Crippen molar-refractivity contribution in [2.75, 3.05) is 19.0 Å². The molecule has 1 rings (SSSR count). The fraction of sp³-hybridized carbons (Fsp3) is 0.417. The Morgan fingerprint density at radius 1 is 1.37 bits per heavy atom. The van der Waals surface area contributed by atoms with E-state index in [2.05, 4.69) is 5.32 Å². The van der Waals surface area contributed by atoms with Gasteiger partial charge >= 0.3 is 0 Å². The third kappa shape index (κ3) is 5.37. The SMILES string of the molecule is COCC(C)CC(=O)Nc1ccc(S(N)(=O)=O)cc1. The van der Waals surface area contributed by atoms with E-state index in [9.17, 15) is 13.2 Å². The number of nitrogens with two attached hydrogens (primary N) is 1. The van der Waals surface area contributed by atoms with Gasteiger partial charge in [-0.2, -0.15) is 0 Å². The highest BCUT2D eigenvalue weighted by Crippen LogP contribution is 2.13. The van der Waals surface area contributed by atoms with Crippen LogP contribution in [0.4, 0.5) is 5.69 Å². The van der Waals surface area contributed by atoms with E-state index in [1.807, 2.05) is 6.92 Å². The minimum absolute atomic E-state index is 0.0123. The van der Waals surface area contributed by atoms with Crippen molar-refractivity contribution in [3.05, 3.63) is 24.3 Å². The number of primary sulfonamides is 1. The molecule has 0 saturated carbocycles. The molecule has 6 nitrogen and oxygen atoms in total. The van der Waals surface area contributed by atoms with Crippen molar-refractivity contribution in [3.63, 3.8) is 0 Å². The summed E-state index contributed by atoms with van der Waals surface area (Å²) in [6, 6.07) is 5.70. The topological polar surface area (TPSA) is 98.5 Å². The number of anilines is 1. The third-order valence-electron chi connectivity index (χ3n) is 2.45. The molecule has 1 aromatic carbocycles. The fourth-order valence-corrected chi connectivity index (χ4v) is 2.12. The lowest BCUT2D eigenvalue weighted by Gasteiger charge is -2.10. The number of methoxy groups -OCH3 is 1. The van der Waals surface area contributed by atoms with Crippen molar-refractivity contribution in [1.82, 2.24) is 0 Å². The van der Waals surface area contributed by atoms with Crippen LogP contribution in [0.25, 0.3) is 0 Å². The Labute approximate surface area is 113 Å². The first-order chi connectivity index (χ1) is 8.82. The third-order valence-corrected chi connectivity index (χ3v) is 3.38. The Morgan fingerprint density at radius 3 is 2.42 bits per heavy atom. The molecule has 0 aliphatic rings. The predicted octanol–water partition coefficient (Wildman–Crippen LogP) is 0.945. The molecular formula is C12H18N2O4S. The Kier molecular flexibility index (Phi) is 5.46. The zero-order valence-electron chi connectivity index (χ0n) is 10.9.